The predicted octanol–water partition coefficient (Wildman–Crippen LogP) is 2.66. The number of halogens is 1. The summed E-state index contributed by atoms with van der Waals surface area (Å²) in [5.41, 5.74) is 0.175. The minimum Gasteiger partial charge on any atom is -0.339 e. The minimum absolute atomic E-state index is 0.175. The lowest BCUT2D eigenvalue weighted by molar-refractivity contribution is -0.132. The zero-order chi connectivity index (χ0) is 10.9. The molecule has 1 rings (SSSR count). The van der Waals surface area contributed by atoms with Gasteiger partial charge >= 0.3 is 0 Å². The van der Waals surface area contributed by atoms with Crippen molar-refractivity contribution in [2.75, 3.05) is 11.9 Å². The molecule has 2 atom stereocenters. The highest BCUT2D eigenvalue weighted by Gasteiger charge is 2.36. The van der Waals surface area contributed by atoms with Crippen molar-refractivity contribution in [3.05, 3.63) is 0 Å². The van der Waals surface area contributed by atoms with Crippen LogP contribution in [0.1, 0.15) is 34.1 Å². The summed E-state index contributed by atoms with van der Waals surface area (Å²) in [5, 5.41) is 0.935. The molecule has 1 saturated heterocycles. The van der Waals surface area contributed by atoms with E-state index in [2.05, 4.69) is 36.7 Å². The van der Waals surface area contributed by atoms with E-state index in [1.807, 2.05) is 11.8 Å². The fourth-order valence-corrected chi connectivity index (χ4v) is 2.15. The van der Waals surface area contributed by atoms with Crippen molar-refractivity contribution in [1.82, 2.24) is 4.90 Å². The third-order valence-corrected chi connectivity index (χ3v) is 4.41. The van der Waals surface area contributed by atoms with Crippen molar-refractivity contribution in [2.24, 2.45) is 11.3 Å². The first-order valence-electron chi connectivity index (χ1n) is 5.24. The summed E-state index contributed by atoms with van der Waals surface area (Å²) in [6, 6.07) is 0.413. The molecule has 0 spiro atoms. The van der Waals surface area contributed by atoms with Crippen LogP contribution in [0.4, 0.5) is 0 Å². The second kappa shape index (κ2) is 4.21. The fourth-order valence-electron chi connectivity index (χ4n) is 1.98. The van der Waals surface area contributed by atoms with Crippen molar-refractivity contribution >= 4 is 21.8 Å². The van der Waals surface area contributed by atoms with E-state index in [9.17, 15) is 4.79 Å². The Labute approximate surface area is 95.2 Å². The van der Waals surface area contributed by atoms with Crippen molar-refractivity contribution in [2.45, 2.75) is 40.2 Å². The Hall–Kier alpha value is -0.0500. The maximum atomic E-state index is 11.8. The SMILES string of the molecule is CC1CC(C)N(CC(C)(C)CBr)C1=O. The molecule has 2 unspecified atom stereocenters. The summed E-state index contributed by atoms with van der Waals surface area (Å²) in [5.74, 6) is 0.544. The van der Waals surface area contributed by atoms with E-state index in [0.29, 0.717) is 11.9 Å². The van der Waals surface area contributed by atoms with Crippen molar-refractivity contribution in [1.29, 1.82) is 0 Å². The van der Waals surface area contributed by atoms with Crippen molar-refractivity contribution in [3.8, 4) is 0 Å². The summed E-state index contributed by atoms with van der Waals surface area (Å²) in [4.78, 5) is 13.9. The first-order chi connectivity index (χ1) is 6.37. The third kappa shape index (κ3) is 2.50. The highest BCUT2D eigenvalue weighted by atomic mass is 79.9. The van der Waals surface area contributed by atoms with E-state index in [1.165, 1.54) is 0 Å². The molecular weight excluding hydrogens is 242 g/mol. The second-order valence-electron chi connectivity index (χ2n) is 5.25. The van der Waals surface area contributed by atoms with Crippen LogP contribution in [0.3, 0.4) is 0 Å². The van der Waals surface area contributed by atoms with Gasteiger partial charge in [0.15, 0.2) is 0 Å². The number of rotatable bonds is 3. The number of hydrogen-bond donors (Lipinski definition) is 0. The van der Waals surface area contributed by atoms with Gasteiger partial charge in [0.25, 0.3) is 0 Å². The minimum atomic E-state index is 0.175. The quantitative estimate of drug-likeness (QED) is 0.716. The van der Waals surface area contributed by atoms with Crippen LogP contribution < -0.4 is 0 Å². The molecular formula is C11H20BrNO. The maximum Gasteiger partial charge on any atom is 0.225 e. The summed E-state index contributed by atoms with van der Waals surface area (Å²) < 4.78 is 0. The number of amides is 1. The molecule has 3 heteroatoms. The van der Waals surface area contributed by atoms with Gasteiger partial charge in [-0.3, -0.25) is 4.79 Å². The van der Waals surface area contributed by atoms with Gasteiger partial charge in [0.2, 0.25) is 5.91 Å². The molecule has 2 nitrogen and oxygen atoms in total. The summed E-state index contributed by atoms with van der Waals surface area (Å²) in [6.07, 6.45) is 1.01. The Morgan fingerprint density at radius 2 is 2.07 bits per heavy atom. The van der Waals surface area contributed by atoms with Crippen LogP contribution >= 0.6 is 15.9 Å². The average molecular weight is 262 g/mol. The van der Waals surface area contributed by atoms with Crippen LogP contribution in [-0.4, -0.2) is 28.7 Å². The lowest BCUT2D eigenvalue weighted by Crippen LogP contribution is -2.40. The van der Waals surface area contributed by atoms with Crippen LogP contribution in [0.25, 0.3) is 0 Å². The van der Waals surface area contributed by atoms with Crippen LogP contribution in [0.5, 0.6) is 0 Å². The molecule has 1 aliphatic heterocycles. The third-order valence-electron chi connectivity index (χ3n) is 2.89. The van der Waals surface area contributed by atoms with E-state index < -0.39 is 0 Å². The Balaban J connectivity index is 2.65. The molecule has 1 amide bonds. The molecule has 0 bridgehead atoms. The number of nitrogens with zero attached hydrogens (tertiary/aromatic N) is 1. The Bertz CT molecular complexity index is 227. The predicted molar refractivity (Wildman–Crippen MR) is 62.5 cm³/mol. The van der Waals surface area contributed by atoms with Crippen LogP contribution in [0.15, 0.2) is 0 Å². The first kappa shape index (κ1) is 12.0. The standard InChI is InChI=1S/C11H20BrNO/c1-8-5-9(2)13(10(8)14)7-11(3,4)6-12/h8-9H,5-7H2,1-4H3. The van der Waals surface area contributed by atoms with Crippen LogP contribution in [0.2, 0.25) is 0 Å². The monoisotopic (exact) mass is 261 g/mol. The number of likely N-dealkylation sites (tertiary alicyclic amines) is 1. The molecule has 0 aliphatic carbocycles. The topological polar surface area (TPSA) is 20.3 Å². The van der Waals surface area contributed by atoms with E-state index in [0.717, 1.165) is 18.3 Å². The molecule has 1 aliphatic rings. The zero-order valence-corrected chi connectivity index (χ0v) is 11.1. The Kier molecular flexibility index (Phi) is 3.62. The number of carbonyl (C=O) groups is 1. The van der Waals surface area contributed by atoms with Gasteiger partial charge < -0.3 is 4.90 Å². The van der Waals surface area contributed by atoms with E-state index in [4.69, 9.17) is 0 Å². The lowest BCUT2D eigenvalue weighted by atomic mass is 9.95. The van der Waals surface area contributed by atoms with E-state index in [-0.39, 0.29) is 11.3 Å². The van der Waals surface area contributed by atoms with Gasteiger partial charge in [-0.15, -0.1) is 0 Å². The first-order valence-corrected chi connectivity index (χ1v) is 6.36. The lowest BCUT2D eigenvalue weighted by Gasteiger charge is -2.31. The second-order valence-corrected chi connectivity index (χ2v) is 5.81. The molecule has 1 heterocycles. The van der Waals surface area contributed by atoms with Gasteiger partial charge in [-0.1, -0.05) is 36.7 Å². The smallest absolute Gasteiger partial charge is 0.225 e. The number of alkyl halides is 1. The molecule has 14 heavy (non-hydrogen) atoms. The van der Waals surface area contributed by atoms with Crippen molar-refractivity contribution in [3.63, 3.8) is 0 Å². The van der Waals surface area contributed by atoms with Gasteiger partial charge in [-0.2, -0.15) is 0 Å². The molecule has 0 saturated carbocycles. The zero-order valence-electron chi connectivity index (χ0n) is 9.51. The summed E-state index contributed by atoms with van der Waals surface area (Å²) >= 11 is 3.50. The normalized spacial score (nSPS) is 28.6. The molecule has 0 aromatic heterocycles. The average Bonchev–Trinajstić information content (AvgIpc) is 2.32. The van der Waals surface area contributed by atoms with Gasteiger partial charge in [-0.25, -0.2) is 0 Å². The van der Waals surface area contributed by atoms with Crippen LogP contribution in [0, 0.1) is 11.3 Å². The van der Waals surface area contributed by atoms with Crippen molar-refractivity contribution < 1.29 is 4.79 Å². The Morgan fingerprint density at radius 1 is 1.50 bits per heavy atom. The number of hydrogen-bond acceptors (Lipinski definition) is 1. The molecule has 82 valence electrons. The van der Waals surface area contributed by atoms with Gasteiger partial charge in [0, 0.05) is 23.8 Å². The van der Waals surface area contributed by atoms with Gasteiger partial charge in [-0.05, 0) is 18.8 Å². The molecule has 0 aromatic carbocycles. The largest absolute Gasteiger partial charge is 0.339 e. The summed E-state index contributed by atoms with van der Waals surface area (Å²) in [6.45, 7) is 9.41. The molecule has 0 radical (unpaired) electrons. The highest BCUT2D eigenvalue weighted by molar-refractivity contribution is 9.09. The molecule has 1 fully saturated rings. The maximum absolute atomic E-state index is 11.8. The molecule has 0 aromatic rings. The van der Waals surface area contributed by atoms with Crippen LogP contribution in [-0.2, 0) is 4.79 Å². The summed E-state index contributed by atoms with van der Waals surface area (Å²) in [7, 11) is 0. The van der Waals surface area contributed by atoms with E-state index >= 15 is 0 Å². The highest BCUT2D eigenvalue weighted by Crippen LogP contribution is 2.29. The fraction of sp³-hybridized carbons (Fsp3) is 0.909. The Morgan fingerprint density at radius 3 is 2.43 bits per heavy atom. The van der Waals surface area contributed by atoms with Gasteiger partial charge in [0.1, 0.15) is 0 Å². The van der Waals surface area contributed by atoms with Gasteiger partial charge in [0.05, 0.1) is 0 Å². The number of carbonyl (C=O) groups excluding carboxylic acids is 1. The van der Waals surface area contributed by atoms with E-state index in [1.54, 1.807) is 0 Å². The molecule has 0 N–H and O–H groups in total.